The molecule has 0 radical (unpaired) electrons. The molecule has 2 heterocycles. The van der Waals surface area contributed by atoms with Crippen molar-refractivity contribution in [3.05, 3.63) is 45.6 Å². The van der Waals surface area contributed by atoms with Crippen LogP contribution in [0.1, 0.15) is 38.3 Å². The number of benzene rings is 1. The van der Waals surface area contributed by atoms with Crippen LogP contribution in [0, 0.1) is 5.41 Å². The second-order valence-corrected chi connectivity index (χ2v) is 7.96. The van der Waals surface area contributed by atoms with E-state index in [4.69, 9.17) is 4.63 Å². The number of anilines is 2. The monoisotopic (exact) mass is 388 g/mol. The van der Waals surface area contributed by atoms with Crippen LogP contribution in [0.25, 0.3) is 0 Å². The fourth-order valence-corrected chi connectivity index (χ4v) is 3.67. The van der Waals surface area contributed by atoms with Gasteiger partial charge in [0.1, 0.15) is 0 Å². The van der Waals surface area contributed by atoms with Gasteiger partial charge in [-0.2, -0.15) is 0 Å². The first kappa shape index (κ1) is 15.4. The molecule has 1 unspecified atom stereocenters. The average Bonchev–Trinajstić information content (AvgIpc) is 2.86. The van der Waals surface area contributed by atoms with E-state index < -0.39 is 0 Å². The van der Waals surface area contributed by atoms with Crippen LogP contribution in [0.4, 0.5) is 11.6 Å². The van der Waals surface area contributed by atoms with E-state index >= 15 is 0 Å². The molecule has 0 fully saturated rings. The summed E-state index contributed by atoms with van der Waals surface area (Å²) < 4.78 is 5.84. The van der Waals surface area contributed by atoms with Gasteiger partial charge in [-0.1, -0.05) is 41.9 Å². The Morgan fingerprint density at radius 3 is 2.62 bits per heavy atom. The first-order chi connectivity index (χ1) is 11.4. The first-order valence-corrected chi connectivity index (χ1v) is 8.60. The van der Waals surface area contributed by atoms with Crippen LogP contribution in [0.3, 0.4) is 0 Å². The Morgan fingerprint density at radius 1 is 1.17 bits per heavy atom. The van der Waals surface area contributed by atoms with Crippen LogP contribution in [0.5, 0.6) is 0 Å². The molecule has 2 aromatic rings. The van der Waals surface area contributed by atoms with E-state index in [0.29, 0.717) is 18.1 Å². The Balaban J connectivity index is 1.86. The summed E-state index contributed by atoms with van der Waals surface area (Å²) in [5.74, 6) is 1.19. The van der Waals surface area contributed by atoms with Crippen LogP contribution in [0.15, 0.2) is 44.6 Å². The smallest absolute Gasteiger partial charge is 0.219 e. The molecule has 1 atom stereocenters. The summed E-state index contributed by atoms with van der Waals surface area (Å²) >= 11 is 3.45. The Morgan fingerprint density at radius 2 is 1.88 bits per heavy atom. The minimum Gasteiger partial charge on any atom is -0.353 e. The number of nitrogens with one attached hydrogen (secondary N) is 2. The Kier molecular flexibility index (Phi) is 3.49. The van der Waals surface area contributed by atoms with E-state index in [1.54, 1.807) is 0 Å². The van der Waals surface area contributed by atoms with Gasteiger partial charge in [0.15, 0.2) is 5.78 Å². The van der Waals surface area contributed by atoms with E-state index in [2.05, 4.69) is 50.7 Å². The zero-order valence-electron chi connectivity index (χ0n) is 13.4. The molecule has 0 amide bonds. The van der Waals surface area contributed by atoms with Crippen molar-refractivity contribution in [3.8, 4) is 0 Å². The fourth-order valence-electron chi connectivity index (χ4n) is 3.40. The fraction of sp³-hybridized carbons (Fsp3) is 0.353. The van der Waals surface area contributed by atoms with Gasteiger partial charge in [-0.3, -0.25) is 4.79 Å². The maximum atomic E-state index is 12.9. The number of hydrogen-bond donors (Lipinski definition) is 2. The molecule has 0 saturated carbocycles. The van der Waals surface area contributed by atoms with E-state index in [1.807, 2.05) is 24.3 Å². The number of hydrogen-bond acceptors (Lipinski definition) is 6. The molecule has 1 aliphatic heterocycles. The second-order valence-electron chi connectivity index (χ2n) is 7.05. The third-order valence-corrected chi connectivity index (χ3v) is 4.98. The van der Waals surface area contributed by atoms with Gasteiger partial charge in [0, 0.05) is 22.2 Å². The predicted molar refractivity (Wildman–Crippen MR) is 93.5 cm³/mol. The van der Waals surface area contributed by atoms with Gasteiger partial charge in [0.25, 0.3) is 0 Å². The molecule has 0 saturated heterocycles. The summed E-state index contributed by atoms with van der Waals surface area (Å²) in [6.07, 6.45) is 1.30. The maximum Gasteiger partial charge on any atom is 0.219 e. The van der Waals surface area contributed by atoms with E-state index in [0.717, 1.165) is 27.7 Å². The minimum absolute atomic E-state index is 0.0884. The first-order valence-electron chi connectivity index (χ1n) is 7.81. The van der Waals surface area contributed by atoms with Crippen molar-refractivity contribution >= 4 is 33.3 Å². The number of ketones is 1. The van der Waals surface area contributed by atoms with Crippen molar-refractivity contribution in [1.29, 1.82) is 0 Å². The summed E-state index contributed by atoms with van der Waals surface area (Å²) in [6.45, 7) is 4.20. The summed E-state index contributed by atoms with van der Waals surface area (Å²) in [4.78, 5) is 12.9. The zero-order chi connectivity index (χ0) is 16.9. The van der Waals surface area contributed by atoms with Crippen LogP contribution < -0.4 is 10.6 Å². The largest absolute Gasteiger partial charge is 0.353 e. The van der Waals surface area contributed by atoms with Crippen molar-refractivity contribution in [2.75, 3.05) is 10.6 Å². The van der Waals surface area contributed by atoms with Crippen molar-refractivity contribution < 1.29 is 9.42 Å². The zero-order valence-corrected chi connectivity index (χ0v) is 15.0. The minimum atomic E-state index is -0.280. The van der Waals surface area contributed by atoms with Gasteiger partial charge >= 0.3 is 0 Å². The lowest BCUT2D eigenvalue weighted by atomic mass is 9.73. The number of carbonyl (C=O) groups excluding carboxylic acids is 1. The quantitative estimate of drug-likeness (QED) is 0.766. The number of carbonyl (C=O) groups is 1. The van der Waals surface area contributed by atoms with E-state index in [1.165, 1.54) is 0 Å². The van der Waals surface area contributed by atoms with Gasteiger partial charge in [-0.15, -0.1) is 0 Å². The van der Waals surface area contributed by atoms with Crippen molar-refractivity contribution in [2.45, 2.75) is 32.7 Å². The molecule has 2 N–H and O–H groups in total. The van der Waals surface area contributed by atoms with Gasteiger partial charge in [-0.25, -0.2) is 4.63 Å². The molecule has 24 heavy (non-hydrogen) atoms. The van der Waals surface area contributed by atoms with Crippen LogP contribution in [-0.4, -0.2) is 16.1 Å². The predicted octanol–water partition coefficient (Wildman–Crippen LogP) is 4.05. The van der Waals surface area contributed by atoms with Crippen LogP contribution in [-0.2, 0) is 4.79 Å². The molecule has 2 aliphatic rings. The van der Waals surface area contributed by atoms with Gasteiger partial charge in [0.05, 0.1) is 6.04 Å². The number of rotatable bonds is 1. The number of Topliss-reactive ketones (excluding diaryl/α,β-unsaturated/α-hetero) is 1. The topological polar surface area (TPSA) is 80.1 Å². The number of allylic oxidation sites excluding steroid dienone is 1. The third kappa shape index (κ3) is 2.62. The molecular formula is C17H17BrN4O2. The summed E-state index contributed by atoms with van der Waals surface area (Å²) in [5.41, 5.74) is 2.56. The van der Waals surface area contributed by atoms with Crippen molar-refractivity contribution in [1.82, 2.24) is 10.3 Å². The molecule has 1 aromatic heterocycles. The number of halogens is 1. The average molecular weight is 389 g/mol. The number of nitrogens with zero attached hydrogens (tertiary/aromatic N) is 2. The molecule has 0 bridgehead atoms. The summed E-state index contributed by atoms with van der Waals surface area (Å²) in [7, 11) is 0. The standard InChI is InChI=1S/C17H17BrN4O2/c1-17(2)7-11-13(12(23)8-17)14(9-3-5-10(18)6-4-9)20-16-15(19-11)21-24-22-16/h3-6,14H,7-8H2,1-2H3,(H,19,21)(H,20,22). The normalized spacial score (nSPS) is 22.1. The van der Waals surface area contributed by atoms with E-state index in [-0.39, 0.29) is 17.2 Å². The Bertz CT molecular complexity index is 839. The third-order valence-electron chi connectivity index (χ3n) is 4.45. The highest BCUT2D eigenvalue weighted by Crippen LogP contribution is 2.44. The highest BCUT2D eigenvalue weighted by molar-refractivity contribution is 9.10. The second kappa shape index (κ2) is 5.44. The van der Waals surface area contributed by atoms with Gasteiger partial charge in [0.2, 0.25) is 11.6 Å². The number of aromatic nitrogens is 2. The lowest BCUT2D eigenvalue weighted by Crippen LogP contribution is -2.31. The highest BCUT2D eigenvalue weighted by atomic mass is 79.9. The SMILES string of the molecule is CC1(C)CC(=O)C2=C(C1)Nc1nonc1NC2c1ccc(Br)cc1. The number of fused-ring (bicyclic) bond motifs is 1. The van der Waals surface area contributed by atoms with Gasteiger partial charge < -0.3 is 10.6 Å². The summed E-state index contributed by atoms with van der Waals surface area (Å²) in [5, 5.41) is 14.4. The molecule has 4 rings (SSSR count). The lowest BCUT2D eigenvalue weighted by Gasteiger charge is -2.34. The maximum absolute atomic E-state index is 12.9. The highest BCUT2D eigenvalue weighted by Gasteiger charge is 2.39. The summed E-state index contributed by atoms with van der Waals surface area (Å²) in [6, 6.07) is 7.65. The molecule has 7 heteroatoms. The Labute approximate surface area is 147 Å². The molecule has 6 nitrogen and oxygen atoms in total. The van der Waals surface area contributed by atoms with Crippen LogP contribution >= 0.6 is 15.9 Å². The van der Waals surface area contributed by atoms with Crippen molar-refractivity contribution in [3.63, 3.8) is 0 Å². The van der Waals surface area contributed by atoms with E-state index in [9.17, 15) is 4.79 Å². The molecule has 1 aromatic carbocycles. The molecule has 1 aliphatic carbocycles. The van der Waals surface area contributed by atoms with Crippen molar-refractivity contribution in [2.24, 2.45) is 5.41 Å². The molecular weight excluding hydrogens is 372 g/mol. The lowest BCUT2D eigenvalue weighted by molar-refractivity contribution is -0.118. The molecule has 0 spiro atoms. The molecule has 124 valence electrons. The van der Waals surface area contributed by atoms with Gasteiger partial charge in [-0.05, 0) is 39.8 Å². The van der Waals surface area contributed by atoms with Crippen LogP contribution in [0.2, 0.25) is 0 Å². The Hall–Kier alpha value is -2.15.